The van der Waals surface area contributed by atoms with Gasteiger partial charge in [0.05, 0.1) is 0 Å². The molecule has 7 heteroatoms. The molecule has 0 atom stereocenters. The lowest BCUT2D eigenvalue weighted by Crippen LogP contribution is -2.70. The lowest BCUT2D eigenvalue weighted by molar-refractivity contribution is -0.139. The van der Waals surface area contributed by atoms with Gasteiger partial charge < -0.3 is 0 Å². The molecule has 0 radical (unpaired) electrons. The third kappa shape index (κ3) is 1.75. The first kappa shape index (κ1) is 15.8. The lowest BCUT2D eigenvalue weighted by Gasteiger charge is -2.51. The Labute approximate surface area is 125 Å². The van der Waals surface area contributed by atoms with Crippen LogP contribution in [0.5, 0.6) is 0 Å². The summed E-state index contributed by atoms with van der Waals surface area (Å²) in [5.74, 6) is -1.55. The summed E-state index contributed by atoms with van der Waals surface area (Å²) >= 11 is 30.2. The standard InChI is InChI=1S/C10H11Cl5O2/c1-4-8(11)5(16)9(12,13)7(2,3)10(14,15)6(8)17/h4H2,1-3H3. The molecule has 1 aliphatic rings. The van der Waals surface area contributed by atoms with E-state index in [2.05, 4.69) is 0 Å². The minimum absolute atomic E-state index is 0.0185. The molecule has 2 nitrogen and oxygen atoms in total. The zero-order valence-electron chi connectivity index (χ0n) is 9.41. The second-order valence-corrected chi connectivity index (χ2v) is 7.89. The van der Waals surface area contributed by atoms with E-state index in [0.29, 0.717) is 0 Å². The lowest BCUT2D eigenvalue weighted by atomic mass is 9.68. The van der Waals surface area contributed by atoms with Crippen LogP contribution in [-0.4, -0.2) is 25.1 Å². The molecule has 98 valence electrons. The fraction of sp³-hybridized carbons (Fsp3) is 0.800. The SMILES string of the molecule is CCC1(Cl)C(=O)C(Cl)(Cl)C(C)(C)C(Cl)(Cl)C1=O. The summed E-state index contributed by atoms with van der Waals surface area (Å²) < 4.78 is -3.86. The van der Waals surface area contributed by atoms with Crippen LogP contribution in [0.4, 0.5) is 0 Å². The molecule has 0 aromatic rings. The number of halogens is 5. The minimum atomic E-state index is -1.93. The minimum Gasteiger partial charge on any atom is -0.294 e. The Morgan fingerprint density at radius 2 is 1.18 bits per heavy atom. The molecule has 0 amide bonds. The first-order valence-corrected chi connectivity index (χ1v) is 6.80. The summed E-state index contributed by atoms with van der Waals surface area (Å²) in [4.78, 5) is 22.5. The predicted octanol–water partition coefficient (Wildman–Crippen LogP) is 3.90. The van der Waals surface area contributed by atoms with Crippen molar-refractivity contribution in [3.05, 3.63) is 0 Å². The zero-order chi connectivity index (χ0) is 13.9. The fourth-order valence-corrected chi connectivity index (χ4v) is 3.57. The van der Waals surface area contributed by atoms with Crippen LogP contribution in [0.1, 0.15) is 27.2 Å². The normalized spacial score (nSPS) is 29.2. The Hall–Kier alpha value is 0.790. The van der Waals surface area contributed by atoms with Crippen LogP contribution in [0.3, 0.4) is 0 Å². The molecule has 1 rings (SSSR count). The van der Waals surface area contributed by atoms with Crippen molar-refractivity contribution in [2.75, 3.05) is 0 Å². The number of ketones is 2. The van der Waals surface area contributed by atoms with E-state index in [1.807, 2.05) is 0 Å². The van der Waals surface area contributed by atoms with E-state index in [-0.39, 0.29) is 6.42 Å². The van der Waals surface area contributed by atoms with E-state index in [1.54, 1.807) is 6.92 Å². The maximum atomic E-state index is 12.2. The van der Waals surface area contributed by atoms with Crippen LogP contribution < -0.4 is 0 Å². The summed E-state index contributed by atoms with van der Waals surface area (Å²) in [6.07, 6.45) is 0.0185. The maximum Gasteiger partial charge on any atom is 0.197 e. The third-order valence-electron chi connectivity index (χ3n) is 3.35. The van der Waals surface area contributed by atoms with Gasteiger partial charge in [-0.2, -0.15) is 0 Å². The van der Waals surface area contributed by atoms with Gasteiger partial charge >= 0.3 is 0 Å². The molecular formula is C10H11Cl5O2. The fourth-order valence-electron chi connectivity index (χ4n) is 1.69. The van der Waals surface area contributed by atoms with Crippen molar-refractivity contribution in [2.24, 2.45) is 5.41 Å². The summed E-state index contributed by atoms with van der Waals surface area (Å²) in [6.45, 7) is 4.47. The van der Waals surface area contributed by atoms with Crippen molar-refractivity contribution in [3.63, 3.8) is 0 Å². The van der Waals surface area contributed by atoms with Crippen LogP contribution in [-0.2, 0) is 9.59 Å². The first-order chi connectivity index (χ1) is 7.37. The smallest absolute Gasteiger partial charge is 0.197 e. The van der Waals surface area contributed by atoms with E-state index < -0.39 is 30.5 Å². The highest BCUT2D eigenvalue weighted by Crippen LogP contribution is 2.61. The molecule has 0 unspecified atom stereocenters. The van der Waals surface area contributed by atoms with Crippen molar-refractivity contribution in [3.8, 4) is 0 Å². The van der Waals surface area contributed by atoms with E-state index in [0.717, 1.165) is 0 Å². The highest BCUT2D eigenvalue weighted by atomic mass is 35.5. The second kappa shape index (κ2) is 4.14. The maximum absolute atomic E-state index is 12.2. The molecule has 0 saturated heterocycles. The van der Waals surface area contributed by atoms with Gasteiger partial charge in [0.25, 0.3) is 0 Å². The predicted molar refractivity (Wildman–Crippen MR) is 71.5 cm³/mol. The Morgan fingerprint density at radius 3 is 1.41 bits per heavy atom. The van der Waals surface area contributed by atoms with E-state index in [4.69, 9.17) is 58.0 Å². The van der Waals surface area contributed by atoms with Gasteiger partial charge in [-0.3, -0.25) is 9.59 Å². The van der Waals surface area contributed by atoms with E-state index in [1.165, 1.54) is 13.8 Å². The number of carbonyl (C=O) groups excluding carboxylic acids is 2. The molecule has 0 aliphatic heterocycles. The summed E-state index contributed by atoms with van der Waals surface area (Å²) in [5, 5.41) is 0. The van der Waals surface area contributed by atoms with Gasteiger partial charge in [-0.05, 0) is 6.42 Å². The van der Waals surface area contributed by atoms with Crippen LogP contribution in [0, 0.1) is 5.41 Å². The van der Waals surface area contributed by atoms with Crippen LogP contribution in [0.15, 0.2) is 0 Å². The average molecular weight is 340 g/mol. The van der Waals surface area contributed by atoms with Crippen molar-refractivity contribution < 1.29 is 9.59 Å². The summed E-state index contributed by atoms with van der Waals surface area (Å²) in [6, 6.07) is 0. The first-order valence-electron chi connectivity index (χ1n) is 4.91. The van der Waals surface area contributed by atoms with Crippen molar-refractivity contribution in [1.82, 2.24) is 0 Å². The van der Waals surface area contributed by atoms with Gasteiger partial charge in [0.1, 0.15) is 0 Å². The molecular weight excluding hydrogens is 329 g/mol. The Bertz CT molecular complexity index is 356. The topological polar surface area (TPSA) is 34.1 Å². The number of carbonyl (C=O) groups is 2. The molecule has 0 aromatic heterocycles. The average Bonchev–Trinajstić information content (AvgIpc) is 2.23. The van der Waals surface area contributed by atoms with Crippen LogP contribution >= 0.6 is 58.0 Å². The summed E-state index contributed by atoms with van der Waals surface area (Å²) in [7, 11) is 0. The molecule has 17 heavy (non-hydrogen) atoms. The molecule has 0 aromatic carbocycles. The Morgan fingerprint density at radius 1 is 0.882 bits per heavy atom. The van der Waals surface area contributed by atoms with Gasteiger partial charge in [-0.15, -0.1) is 11.6 Å². The van der Waals surface area contributed by atoms with Gasteiger partial charge in [-0.25, -0.2) is 0 Å². The summed E-state index contributed by atoms with van der Waals surface area (Å²) in [5.41, 5.74) is -1.35. The van der Waals surface area contributed by atoms with Gasteiger partial charge in [-0.1, -0.05) is 67.2 Å². The molecule has 0 spiro atoms. The number of hydrogen-bond donors (Lipinski definition) is 0. The van der Waals surface area contributed by atoms with E-state index >= 15 is 0 Å². The largest absolute Gasteiger partial charge is 0.294 e. The van der Waals surface area contributed by atoms with Crippen molar-refractivity contribution in [1.29, 1.82) is 0 Å². The molecule has 1 saturated carbocycles. The molecule has 0 bridgehead atoms. The quantitative estimate of drug-likeness (QED) is 0.536. The van der Waals surface area contributed by atoms with Gasteiger partial charge in [0.2, 0.25) is 0 Å². The zero-order valence-corrected chi connectivity index (χ0v) is 13.2. The number of rotatable bonds is 1. The monoisotopic (exact) mass is 338 g/mol. The number of Topliss-reactive ketones (excluding diaryl/α,β-unsaturated/α-hetero) is 2. The van der Waals surface area contributed by atoms with Crippen molar-refractivity contribution in [2.45, 2.75) is 40.7 Å². The van der Waals surface area contributed by atoms with Gasteiger partial charge in [0, 0.05) is 5.41 Å². The Balaban J connectivity index is 3.55. The number of hydrogen-bond acceptors (Lipinski definition) is 2. The van der Waals surface area contributed by atoms with Crippen LogP contribution in [0.2, 0.25) is 0 Å². The molecule has 0 heterocycles. The second-order valence-electron chi connectivity index (χ2n) is 4.59. The van der Waals surface area contributed by atoms with Crippen LogP contribution in [0.25, 0.3) is 0 Å². The molecule has 1 fully saturated rings. The number of alkyl halides is 5. The highest BCUT2D eigenvalue weighted by molar-refractivity contribution is 6.73. The molecule has 1 aliphatic carbocycles. The van der Waals surface area contributed by atoms with Crippen molar-refractivity contribution >= 4 is 69.6 Å². The Kier molecular flexibility index (Phi) is 3.86. The van der Waals surface area contributed by atoms with E-state index in [9.17, 15) is 9.59 Å². The molecule has 0 N–H and O–H groups in total. The highest BCUT2D eigenvalue weighted by Gasteiger charge is 2.73. The third-order valence-corrected chi connectivity index (χ3v) is 6.53. The van der Waals surface area contributed by atoms with Gasteiger partial charge in [0.15, 0.2) is 25.1 Å².